The summed E-state index contributed by atoms with van der Waals surface area (Å²) < 4.78 is 23.2. The van der Waals surface area contributed by atoms with E-state index in [2.05, 4.69) is 10.3 Å². The molecule has 0 amide bonds. The maximum Gasteiger partial charge on any atom is 0.154 e. The fourth-order valence-electron chi connectivity index (χ4n) is 2.05. The zero-order chi connectivity index (χ0) is 12.3. The van der Waals surface area contributed by atoms with Gasteiger partial charge in [0.15, 0.2) is 9.84 Å². The highest BCUT2D eigenvalue weighted by Gasteiger charge is 2.30. The van der Waals surface area contributed by atoms with Crippen molar-refractivity contribution in [1.29, 1.82) is 0 Å². The van der Waals surface area contributed by atoms with Gasteiger partial charge in [-0.15, -0.1) is 0 Å². The van der Waals surface area contributed by atoms with E-state index < -0.39 is 9.84 Å². The second-order valence-electron chi connectivity index (χ2n) is 4.59. The number of pyridine rings is 1. The van der Waals surface area contributed by atoms with Gasteiger partial charge in [0.25, 0.3) is 0 Å². The Hall–Kier alpha value is -0.940. The lowest BCUT2D eigenvalue weighted by Gasteiger charge is -2.10. The van der Waals surface area contributed by atoms with Crippen molar-refractivity contribution in [3.05, 3.63) is 29.6 Å². The van der Waals surface area contributed by atoms with Crippen LogP contribution in [-0.2, 0) is 16.4 Å². The van der Waals surface area contributed by atoms with E-state index in [4.69, 9.17) is 0 Å². The Kier molecular flexibility index (Phi) is 3.79. The lowest BCUT2D eigenvalue weighted by molar-refractivity contribution is 0.572. The number of nitrogens with zero attached hydrogens (tertiary/aromatic N) is 1. The highest BCUT2D eigenvalue weighted by Crippen LogP contribution is 2.19. The summed E-state index contributed by atoms with van der Waals surface area (Å²) in [6.07, 6.45) is 3.41. The van der Waals surface area contributed by atoms with E-state index >= 15 is 0 Å². The van der Waals surface area contributed by atoms with Crippen LogP contribution in [0.15, 0.2) is 18.3 Å². The average molecular weight is 254 g/mol. The molecule has 0 spiro atoms. The van der Waals surface area contributed by atoms with Gasteiger partial charge in [-0.3, -0.25) is 4.98 Å². The Morgan fingerprint density at radius 3 is 2.88 bits per heavy atom. The summed E-state index contributed by atoms with van der Waals surface area (Å²) in [5.74, 6) is 0.349. The van der Waals surface area contributed by atoms with Gasteiger partial charge in [-0.2, -0.15) is 0 Å². The summed E-state index contributed by atoms with van der Waals surface area (Å²) in [4.78, 5) is 4.27. The van der Waals surface area contributed by atoms with E-state index in [1.807, 2.05) is 25.3 Å². The summed E-state index contributed by atoms with van der Waals surface area (Å²) in [7, 11) is -2.83. The highest BCUT2D eigenvalue weighted by molar-refractivity contribution is 7.92. The molecule has 1 atom stereocenters. The summed E-state index contributed by atoms with van der Waals surface area (Å²) in [6.45, 7) is 3.17. The van der Waals surface area contributed by atoms with E-state index in [0.717, 1.165) is 24.1 Å². The first kappa shape index (κ1) is 12.5. The molecule has 0 bridgehead atoms. The standard InChI is InChI=1S/C12H18N2O2S/c1-10-4-5-11(14-7-10)8-13-9-12-3-2-6-17(12,15)16/h4-5,7,12-13H,2-3,6,8-9H2,1H3. The molecule has 5 heteroatoms. The van der Waals surface area contributed by atoms with Gasteiger partial charge < -0.3 is 5.32 Å². The third kappa shape index (κ3) is 3.26. The van der Waals surface area contributed by atoms with Crippen LogP contribution in [0.4, 0.5) is 0 Å². The summed E-state index contributed by atoms with van der Waals surface area (Å²) >= 11 is 0. The van der Waals surface area contributed by atoms with Crippen LogP contribution in [-0.4, -0.2) is 30.9 Å². The van der Waals surface area contributed by atoms with Crippen LogP contribution in [0.5, 0.6) is 0 Å². The number of aromatic nitrogens is 1. The zero-order valence-corrected chi connectivity index (χ0v) is 10.8. The van der Waals surface area contributed by atoms with Crippen LogP contribution in [0, 0.1) is 6.92 Å². The SMILES string of the molecule is Cc1ccc(CNCC2CCCS2(=O)=O)nc1. The lowest BCUT2D eigenvalue weighted by atomic mass is 10.2. The van der Waals surface area contributed by atoms with Crippen LogP contribution in [0.1, 0.15) is 24.1 Å². The molecule has 1 unspecified atom stereocenters. The number of sulfone groups is 1. The largest absolute Gasteiger partial charge is 0.310 e. The van der Waals surface area contributed by atoms with E-state index in [9.17, 15) is 8.42 Å². The van der Waals surface area contributed by atoms with Gasteiger partial charge in [-0.25, -0.2) is 8.42 Å². The maximum absolute atomic E-state index is 11.6. The second-order valence-corrected chi connectivity index (χ2v) is 6.99. The van der Waals surface area contributed by atoms with E-state index in [1.54, 1.807) is 0 Å². The number of aryl methyl sites for hydroxylation is 1. The van der Waals surface area contributed by atoms with Gasteiger partial charge in [-0.05, 0) is 31.4 Å². The van der Waals surface area contributed by atoms with Crippen LogP contribution in [0.25, 0.3) is 0 Å². The number of rotatable bonds is 4. The van der Waals surface area contributed by atoms with E-state index in [0.29, 0.717) is 18.8 Å². The van der Waals surface area contributed by atoms with Crippen molar-refractivity contribution in [2.45, 2.75) is 31.6 Å². The predicted octanol–water partition coefficient (Wildman–Crippen LogP) is 1.06. The Morgan fingerprint density at radius 1 is 1.47 bits per heavy atom. The fourth-order valence-corrected chi connectivity index (χ4v) is 3.85. The summed E-state index contributed by atoms with van der Waals surface area (Å²) in [6, 6.07) is 3.97. The van der Waals surface area contributed by atoms with E-state index in [1.165, 1.54) is 0 Å². The Bertz CT molecular complexity index is 468. The van der Waals surface area contributed by atoms with Gasteiger partial charge in [0, 0.05) is 19.3 Å². The molecule has 0 aromatic carbocycles. The first-order valence-electron chi connectivity index (χ1n) is 5.92. The molecule has 1 saturated heterocycles. The molecule has 2 heterocycles. The van der Waals surface area contributed by atoms with Crippen molar-refractivity contribution in [3.63, 3.8) is 0 Å². The Morgan fingerprint density at radius 2 is 2.29 bits per heavy atom. The van der Waals surface area contributed by atoms with Crippen molar-refractivity contribution in [2.75, 3.05) is 12.3 Å². The summed E-state index contributed by atoms with van der Waals surface area (Å²) in [5, 5.41) is 2.98. The molecular formula is C12H18N2O2S. The Balaban J connectivity index is 1.82. The molecule has 1 N–H and O–H groups in total. The molecule has 0 aliphatic carbocycles. The molecule has 1 aliphatic heterocycles. The fraction of sp³-hybridized carbons (Fsp3) is 0.583. The third-order valence-corrected chi connectivity index (χ3v) is 5.39. The first-order chi connectivity index (χ1) is 8.08. The quantitative estimate of drug-likeness (QED) is 0.872. The maximum atomic E-state index is 11.6. The van der Waals surface area contributed by atoms with Crippen molar-refractivity contribution in [2.24, 2.45) is 0 Å². The van der Waals surface area contributed by atoms with Gasteiger partial charge in [0.2, 0.25) is 0 Å². The minimum Gasteiger partial charge on any atom is -0.310 e. The van der Waals surface area contributed by atoms with E-state index in [-0.39, 0.29) is 5.25 Å². The second kappa shape index (κ2) is 5.14. The van der Waals surface area contributed by atoms with Crippen molar-refractivity contribution in [1.82, 2.24) is 10.3 Å². The highest BCUT2D eigenvalue weighted by atomic mass is 32.2. The van der Waals surface area contributed by atoms with Gasteiger partial charge in [0.1, 0.15) is 0 Å². The molecule has 1 aliphatic rings. The minimum atomic E-state index is -2.83. The van der Waals surface area contributed by atoms with Crippen molar-refractivity contribution < 1.29 is 8.42 Å². The first-order valence-corrected chi connectivity index (χ1v) is 7.63. The van der Waals surface area contributed by atoms with Crippen molar-refractivity contribution in [3.8, 4) is 0 Å². The molecule has 0 saturated carbocycles. The van der Waals surface area contributed by atoms with Gasteiger partial charge in [0.05, 0.1) is 16.7 Å². The number of hydrogen-bond donors (Lipinski definition) is 1. The predicted molar refractivity (Wildman–Crippen MR) is 67.5 cm³/mol. The topological polar surface area (TPSA) is 59.1 Å². The van der Waals surface area contributed by atoms with Crippen LogP contribution in [0.3, 0.4) is 0 Å². The molecule has 17 heavy (non-hydrogen) atoms. The average Bonchev–Trinajstić information content (AvgIpc) is 2.61. The normalized spacial score (nSPS) is 22.8. The molecular weight excluding hydrogens is 236 g/mol. The number of hydrogen-bond acceptors (Lipinski definition) is 4. The molecule has 1 aromatic heterocycles. The van der Waals surface area contributed by atoms with Gasteiger partial charge >= 0.3 is 0 Å². The van der Waals surface area contributed by atoms with Crippen molar-refractivity contribution >= 4 is 9.84 Å². The molecule has 1 aromatic rings. The molecule has 2 rings (SSSR count). The summed E-state index contributed by atoms with van der Waals surface area (Å²) in [5.41, 5.74) is 2.08. The monoisotopic (exact) mass is 254 g/mol. The lowest BCUT2D eigenvalue weighted by Crippen LogP contribution is -2.30. The van der Waals surface area contributed by atoms with Crippen LogP contribution < -0.4 is 5.32 Å². The molecule has 1 fully saturated rings. The van der Waals surface area contributed by atoms with Gasteiger partial charge in [-0.1, -0.05) is 6.07 Å². The van der Waals surface area contributed by atoms with Crippen LogP contribution in [0.2, 0.25) is 0 Å². The zero-order valence-electron chi connectivity index (χ0n) is 10.0. The smallest absolute Gasteiger partial charge is 0.154 e. The molecule has 0 radical (unpaired) electrons. The molecule has 94 valence electrons. The third-order valence-electron chi connectivity index (χ3n) is 3.11. The molecule has 4 nitrogen and oxygen atoms in total. The Labute approximate surface area is 102 Å². The van der Waals surface area contributed by atoms with Crippen LogP contribution >= 0.6 is 0 Å². The number of nitrogens with one attached hydrogen (secondary N) is 1. The minimum absolute atomic E-state index is 0.201.